The number of rotatable bonds is 10. The van der Waals surface area contributed by atoms with Crippen molar-refractivity contribution in [3.8, 4) is 12.1 Å². The van der Waals surface area contributed by atoms with Gasteiger partial charge in [-0.1, -0.05) is 24.3 Å². The zero-order chi connectivity index (χ0) is 25.9. The van der Waals surface area contributed by atoms with Crippen molar-refractivity contribution in [1.29, 1.82) is 10.5 Å². The Bertz CT molecular complexity index is 1250. The molecule has 0 saturated heterocycles. The Balaban J connectivity index is 1.67. The number of nitrogens with zero attached hydrogens (tertiary/aromatic N) is 6. The maximum atomic E-state index is 9.51. The molecule has 0 spiro atoms. The van der Waals surface area contributed by atoms with Crippen molar-refractivity contribution >= 4 is 24.1 Å². The van der Waals surface area contributed by atoms with E-state index in [1.54, 1.807) is 26.6 Å². The molecule has 0 bridgehead atoms. The summed E-state index contributed by atoms with van der Waals surface area (Å²) in [6.07, 6.45) is 3.26. The zero-order valence-electron chi connectivity index (χ0n) is 20.5. The molecular weight excluding hydrogens is 456 g/mol. The molecule has 10 heteroatoms. The molecule has 0 fully saturated rings. The monoisotopic (exact) mass is 482 g/mol. The fraction of sp³-hybridized carbons (Fsp3) is 0.231. The molecule has 0 aliphatic heterocycles. The van der Waals surface area contributed by atoms with Crippen LogP contribution >= 0.6 is 0 Å². The van der Waals surface area contributed by atoms with E-state index in [9.17, 15) is 10.5 Å². The van der Waals surface area contributed by atoms with Gasteiger partial charge < -0.3 is 9.47 Å². The third kappa shape index (κ3) is 6.70. The minimum absolute atomic E-state index is 0.314. The van der Waals surface area contributed by atoms with Crippen LogP contribution in [-0.2, 0) is 22.7 Å². The highest BCUT2D eigenvalue weighted by Gasteiger charge is 2.12. The van der Waals surface area contributed by atoms with Crippen molar-refractivity contribution in [3.05, 3.63) is 81.2 Å². The molecule has 3 aromatic rings. The van der Waals surface area contributed by atoms with E-state index >= 15 is 0 Å². The van der Waals surface area contributed by atoms with E-state index in [2.05, 4.69) is 43.2 Å². The maximum absolute atomic E-state index is 9.51. The minimum atomic E-state index is 0.314. The Kier molecular flexibility index (Phi) is 9.18. The van der Waals surface area contributed by atoms with Crippen LogP contribution in [0.25, 0.3) is 0 Å². The summed E-state index contributed by atoms with van der Waals surface area (Å²) in [6.45, 7) is 4.32. The van der Waals surface area contributed by atoms with Crippen LogP contribution in [0.2, 0.25) is 0 Å². The Labute approximate surface area is 209 Å². The lowest BCUT2D eigenvalue weighted by molar-refractivity contribution is 0.184. The summed E-state index contributed by atoms with van der Waals surface area (Å²) in [5.41, 5.74) is 11.2. The predicted molar refractivity (Wildman–Crippen MR) is 138 cm³/mol. The van der Waals surface area contributed by atoms with Gasteiger partial charge in [0, 0.05) is 36.7 Å². The van der Waals surface area contributed by atoms with Crippen molar-refractivity contribution in [2.45, 2.75) is 27.1 Å². The van der Waals surface area contributed by atoms with E-state index in [0.717, 1.165) is 33.6 Å². The van der Waals surface area contributed by atoms with Crippen LogP contribution in [-0.4, -0.2) is 36.6 Å². The van der Waals surface area contributed by atoms with Crippen molar-refractivity contribution < 1.29 is 9.47 Å². The summed E-state index contributed by atoms with van der Waals surface area (Å²) in [7, 11) is 3.16. The highest BCUT2D eigenvalue weighted by atomic mass is 16.5. The normalized spacial score (nSPS) is 10.9. The lowest BCUT2D eigenvalue weighted by Crippen LogP contribution is -2.03. The maximum Gasteiger partial charge on any atom is 0.164 e. The molecular formula is C26H26N8O2. The number of pyridine rings is 2. The number of hydrazone groups is 2. The molecule has 2 aromatic heterocycles. The summed E-state index contributed by atoms with van der Waals surface area (Å²) >= 11 is 0. The lowest BCUT2D eigenvalue weighted by Gasteiger charge is -2.09. The van der Waals surface area contributed by atoms with Crippen LogP contribution in [0.15, 0.2) is 46.6 Å². The molecule has 1 aromatic carbocycles. The molecule has 2 heterocycles. The molecule has 0 radical (unpaired) electrons. The molecule has 10 nitrogen and oxygen atoms in total. The fourth-order valence-electron chi connectivity index (χ4n) is 3.44. The van der Waals surface area contributed by atoms with Crippen molar-refractivity contribution in [3.63, 3.8) is 0 Å². The predicted octanol–water partition coefficient (Wildman–Crippen LogP) is 4.02. The van der Waals surface area contributed by atoms with E-state index in [1.807, 2.05) is 50.2 Å². The second-order valence-corrected chi connectivity index (χ2v) is 7.79. The van der Waals surface area contributed by atoms with Crippen LogP contribution in [0.5, 0.6) is 0 Å². The van der Waals surface area contributed by atoms with E-state index in [1.165, 1.54) is 0 Å². The van der Waals surface area contributed by atoms with Crippen LogP contribution < -0.4 is 10.9 Å². The molecule has 0 unspecified atom stereocenters. The highest BCUT2D eigenvalue weighted by Crippen LogP contribution is 2.20. The average molecular weight is 483 g/mol. The number of hydrogen-bond acceptors (Lipinski definition) is 10. The van der Waals surface area contributed by atoms with Gasteiger partial charge in [0.1, 0.15) is 23.3 Å². The minimum Gasteiger partial charge on any atom is -0.380 e. The van der Waals surface area contributed by atoms with E-state index < -0.39 is 0 Å². The number of aromatic nitrogens is 2. The molecule has 0 atom stereocenters. The van der Waals surface area contributed by atoms with Gasteiger partial charge in [-0.15, -0.1) is 0 Å². The molecule has 36 heavy (non-hydrogen) atoms. The number of nitriles is 2. The Hall–Kier alpha value is -4.64. The first-order valence-electron chi connectivity index (χ1n) is 11.0. The molecule has 3 rings (SSSR count). The second kappa shape index (κ2) is 12.7. The van der Waals surface area contributed by atoms with Gasteiger partial charge in [-0.2, -0.15) is 20.7 Å². The number of benzene rings is 1. The number of ether oxygens (including phenoxy) is 2. The van der Waals surface area contributed by atoms with Crippen LogP contribution in [0, 0.1) is 36.5 Å². The zero-order valence-corrected chi connectivity index (χ0v) is 20.5. The number of aryl methyl sites for hydroxylation is 2. The topological polar surface area (TPSA) is 141 Å². The third-order valence-electron chi connectivity index (χ3n) is 4.99. The summed E-state index contributed by atoms with van der Waals surface area (Å²) in [4.78, 5) is 8.73. The number of methoxy groups -OCH3 is 2. The summed E-state index contributed by atoms with van der Waals surface area (Å²) < 4.78 is 10.3. The summed E-state index contributed by atoms with van der Waals surface area (Å²) in [5.74, 6) is 0.761. The third-order valence-corrected chi connectivity index (χ3v) is 4.99. The first-order chi connectivity index (χ1) is 17.5. The molecule has 0 aliphatic carbocycles. The molecule has 0 saturated carbocycles. The van der Waals surface area contributed by atoms with Crippen molar-refractivity contribution in [2.24, 2.45) is 10.2 Å². The quantitative estimate of drug-likeness (QED) is 0.326. The van der Waals surface area contributed by atoms with E-state index in [0.29, 0.717) is 36.0 Å². The van der Waals surface area contributed by atoms with Crippen LogP contribution in [0.4, 0.5) is 11.6 Å². The van der Waals surface area contributed by atoms with Gasteiger partial charge in [0.15, 0.2) is 11.6 Å². The SMILES string of the molecule is COCc1cc(C)nc(N/N=C\c2ccc(/C=N\Nc3nc(C)cc(COC)c3C#N)cc2)c1C#N. The number of anilines is 2. The fourth-order valence-corrected chi connectivity index (χ4v) is 3.44. The average Bonchev–Trinajstić information content (AvgIpc) is 2.85. The van der Waals surface area contributed by atoms with E-state index in [-0.39, 0.29) is 0 Å². The molecule has 2 N–H and O–H groups in total. The van der Waals surface area contributed by atoms with Crippen molar-refractivity contribution in [2.75, 3.05) is 25.1 Å². The van der Waals surface area contributed by atoms with Gasteiger partial charge in [-0.05, 0) is 37.1 Å². The van der Waals surface area contributed by atoms with Gasteiger partial charge >= 0.3 is 0 Å². The first kappa shape index (κ1) is 26.0. The lowest BCUT2D eigenvalue weighted by atomic mass is 10.1. The Morgan fingerprint density at radius 2 is 1.17 bits per heavy atom. The Morgan fingerprint density at radius 3 is 1.50 bits per heavy atom. The van der Waals surface area contributed by atoms with Gasteiger partial charge in [0.25, 0.3) is 0 Å². The van der Waals surface area contributed by atoms with E-state index in [4.69, 9.17) is 9.47 Å². The number of hydrogen-bond donors (Lipinski definition) is 2. The highest BCUT2D eigenvalue weighted by molar-refractivity contribution is 5.84. The Morgan fingerprint density at radius 1 is 0.778 bits per heavy atom. The van der Waals surface area contributed by atoms with Gasteiger partial charge in [-0.25, -0.2) is 9.97 Å². The standard InChI is InChI=1S/C26H26N8O2/c1-17-9-21(15-35-3)23(11-27)25(31-17)33-29-13-19-5-7-20(8-6-19)14-30-34-26-24(12-28)22(16-36-4)10-18(2)32-26/h5-10,13-14H,15-16H2,1-4H3,(H,31,33)(H,32,34)/b29-13-,30-14-. The van der Waals surface area contributed by atoms with Gasteiger partial charge in [0.05, 0.1) is 25.6 Å². The largest absolute Gasteiger partial charge is 0.380 e. The number of nitrogens with one attached hydrogen (secondary N) is 2. The smallest absolute Gasteiger partial charge is 0.164 e. The van der Waals surface area contributed by atoms with Crippen molar-refractivity contribution in [1.82, 2.24) is 9.97 Å². The summed E-state index contributed by atoms with van der Waals surface area (Å²) in [5, 5.41) is 27.5. The van der Waals surface area contributed by atoms with Gasteiger partial charge in [0.2, 0.25) is 0 Å². The molecule has 0 amide bonds. The molecule has 0 aliphatic rings. The second-order valence-electron chi connectivity index (χ2n) is 7.79. The van der Waals surface area contributed by atoms with Crippen LogP contribution in [0.3, 0.4) is 0 Å². The first-order valence-corrected chi connectivity index (χ1v) is 11.0. The van der Waals surface area contributed by atoms with Crippen LogP contribution in [0.1, 0.15) is 44.8 Å². The summed E-state index contributed by atoms with van der Waals surface area (Å²) in [6, 6.07) is 15.5. The molecule has 182 valence electrons. The van der Waals surface area contributed by atoms with Gasteiger partial charge in [-0.3, -0.25) is 10.9 Å².